The number of benzene rings is 1. The summed E-state index contributed by atoms with van der Waals surface area (Å²) in [5.41, 5.74) is 0.663. The van der Waals surface area contributed by atoms with Gasteiger partial charge in [-0.05, 0) is 24.6 Å². The average Bonchev–Trinajstić information content (AvgIpc) is 2.42. The SMILES string of the molecule is Cc1cc(=O)oc2cc(OCC(=O)NCC(=O)[O-])ccc12. The maximum atomic E-state index is 11.3. The van der Waals surface area contributed by atoms with E-state index in [0.717, 1.165) is 10.9 Å². The minimum absolute atomic E-state index is 0.333. The third-order valence-electron chi connectivity index (χ3n) is 2.72. The van der Waals surface area contributed by atoms with Gasteiger partial charge >= 0.3 is 5.63 Å². The number of aliphatic carboxylic acids is 1. The van der Waals surface area contributed by atoms with Crippen molar-refractivity contribution in [1.29, 1.82) is 0 Å². The van der Waals surface area contributed by atoms with Crippen LogP contribution in [0, 0.1) is 6.92 Å². The monoisotopic (exact) mass is 290 g/mol. The van der Waals surface area contributed by atoms with Gasteiger partial charge in [-0.2, -0.15) is 0 Å². The molecule has 0 saturated carbocycles. The molecule has 1 aromatic heterocycles. The zero-order chi connectivity index (χ0) is 15.4. The fraction of sp³-hybridized carbons (Fsp3) is 0.214. The molecule has 1 amide bonds. The van der Waals surface area contributed by atoms with E-state index in [-0.39, 0.29) is 6.61 Å². The third kappa shape index (κ3) is 3.82. The summed E-state index contributed by atoms with van der Waals surface area (Å²) in [6.45, 7) is 0.857. The van der Waals surface area contributed by atoms with Crippen LogP contribution < -0.4 is 20.8 Å². The van der Waals surface area contributed by atoms with E-state index in [0.29, 0.717) is 11.3 Å². The van der Waals surface area contributed by atoms with E-state index in [1.54, 1.807) is 19.1 Å². The summed E-state index contributed by atoms with van der Waals surface area (Å²) in [7, 11) is 0. The highest BCUT2D eigenvalue weighted by molar-refractivity contribution is 5.83. The molecule has 2 aromatic rings. The molecule has 7 heteroatoms. The molecule has 1 aromatic carbocycles. The number of amides is 1. The number of carboxylic acids is 1. The highest BCUT2D eigenvalue weighted by Gasteiger charge is 2.06. The van der Waals surface area contributed by atoms with Gasteiger partial charge < -0.3 is 24.4 Å². The summed E-state index contributed by atoms with van der Waals surface area (Å²) in [4.78, 5) is 32.8. The number of hydrogen-bond acceptors (Lipinski definition) is 6. The minimum Gasteiger partial charge on any atom is -0.548 e. The van der Waals surface area contributed by atoms with Crippen LogP contribution in [0.25, 0.3) is 11.0 Å². The molecule has 110 valence electrons. The molecule has 0 atom stereocenters. The molecular weight excluding hydrogens is 278 g/mol. The van der Waals surface area contributed by atoms with E-state index in [4.69, 9.17) is 9.15 Å². The standard InChI is InChI=1S/C14H13NO6/c1-8-4-14(19)21-11-5-9(2-3-10(8)11)20-7-12(16)15-6-13(17)18/h2-5H,6-7H2,1H3,(H,15,16)(H,17,18)/p-1. The average molecular weight is 290 g/mol. The van der Waals surface area contributed by atoms with E-state index in [1.165, 1.54) is 12.1 Å². The molecule has 0 spiro atoms. The lowest BCUT2D eigenvalue weighted by Crippen LogP contribution is -2.39. The van der Waals surface area contributed by atoms with Crippen molar-refractivity contribution in [3.8, 4) is 5.75 Å². The first kappa shape index (κ1) is 14.6. The third-order valence-corrected chi connectivity index (χ3v) is 2.72. The molecule has 0 saturated heterocycles. The fourth-order valence-electron chi connectivity index (χ4n) is 1.77. The van der Waals surface area contributed by atoms with Gasteiger partial charge in [-0.15, -0.1) is 0 Å². The summed E-state index contributed by atoms with van der Waals surface area (Å²) in [6, 6.07) is 6.22. The number of aryl methyl sites for hydroxylation is 1. The summed E-state index contributed by atoms with van der Waals surface area (Å²) in [6.07, 6.45) is 0. The van der Waals surface area contributed by atoms with Gasteiger partial charge in [0.15, 0.2) is 6.61 Å². The molecule has 0 fully saturated rings. The van der Waals surface area contributed by atoms with Crippen molar-refractivity contribution in [2.24, 2.45) is 0 Å². The Balaban J connectivity index is 2.08. The molecular formula is C14H12NO6-. The van der Waals surface area contributed by atoms with Crippen LogP contribution in [0.4, 0.5) is 0 Å². The molecule has 0 aliphatic carbocycles. The number of ether oxygens (including phenoxy) is 1. The van der Waals surface area contributed by atoms with E-state index in [2.05, 4.69) is 5.32 Å². The topological polar surface area (TPSA) is 109 Å². The second-order valence-electron chi connectivity index (χ2n) is 4.34. The van der Waals surface area contributed by atoms with Gasteiger partial charge in [0.1, 0.15) is 11.3 Å². The summed E-state index contributed by atoms with van der Waals surface area (Å²) >= 11 is 0. The summed E-state index contributed by atoms with van der Waals surface area (Å²) in [5.74, 6) is -1.64. The zero-order valence-electron chi connectivity index (χ0n) is 11.2. The van der Waals surface area contributed by atoms with Crippen LogP contribution in [-0.2, 0) is 9.59 Å². The van der Waals surface area contributed by atoms with Crippen molar-refractivity contribution in [2.75, 3.05) is 13.2 Å². The molecule has 0 unspecified atom stereocenters. The Labute approximate surface area is 119 Å². The maximum Gasteiger partial charge on any atom is 0.336 e. The van der Waals surface area contributed by atoms with Crippen LogP contribution in [-0.4, -0.2) is 25.0 Å². The largest absolute Gasteiger partial charge is 0.548 e. The maximum absolute atomic E-state index is 11.3. The lowest BCUT2D eigenvalue weighted by Gasteiger charge is -2.08. The normalized spacial score (nSPS) is 10.3. The molecule has 7 nitrogen and oxygen atoms in total. The first-order chi connectivity index (χ1) is 9.95. The van der Waals surface area contributed by atoms with Crippen molar-refractivity contribution in [2.45, 2.75) is 6.92 Å². The van der Waals surface area contributed by atoms with Gasteiger partial charge in [0.05, 0.1) is 12.5 Å². The molecule has 0 aliphatic heterocycles. The Hall–Kier alpha value is -2.83. The highest BCUT2D eigenvalue weighted by Crippen LogP contribution is 2.22. The Morgan fingerprint density at radius 3 is 2.81 bits per heavy atom. The quantitative estimate of drug-likeness (QED) is 0.733. The predicted molar refractivity (Wildman–Crippen MR) is 70.7 cm³/mol. The highest BCUT2D eigenvalue weighted by atomic mass is 16.5. The molecule has 0 radical (unpaired) electrons. The molecule has 1 heterocycles. The van der Waals surface area contributed by atoms with Crippen LogP contribution in [0.15, 0.2) is 33.5 Å². The van der Waals surface area contributed by atoms with Gasteiger partial charge in [-0.3, -0.25) is 4.79 Å². The molecule has 0 bridgehead atoms. The van der Waals surface area contributed by atoms with Crippen molar-refractivity contribution in [3.63, 3.8) is 0 Å². The lowest BCUT2D eigenvalue weighted by atomic mass is 10.1. The Morgan fingerprint density at radius 1 is 1.33 bits per heavy atom. The number of hydrogen-bond donors (Lipinski definition) is 1. The van der Waals surface area contributed by atoms with E-state index in [9.17, 15) is 19.5 Å². The second-order valence-corrected chi connectivity index (χ2v) is 4.34. The van der Waals surface area contributed by atoms with Crippen molar-refractivity contribution in [1.82, 2.24) is 5.32 Å². The first-order valence-electron chi connectivity index (χ1n) is 6.09. The molecule has 1 N–H and O–H groups in total. The first-order valence-corrected chi connectivity index (χ1v) is 6.09. The number of carbonyl (C=O) groups is 2. The van der Waals surface area contributed by atoms with E-state index < -0.39 is 24.0 Å². The summed E-state index contributed by atoms with van der Waals surface area (Å²) in [5, 5.41) is 13.1. The molecule has 2 rings (SSSR count). The lowest BCUT2D eigenvalue weighted by molar-refractivity contribution is -0.304. The van der Waals surface area contributed by atoms with Gasteiger partial charge in [0.25, 0.3) is 5.91 Å². The Kier molecular flexibility index (Phi) is 4.22. The van der Waals surface area contributed by atoms with Gasteiger partial charge in [0, 0.05) is 17.5 Å². The molecule has 0 aliphatic rings. The Morgan fingerprint density at radius 2 is 2.10 bits per heavy atom. The number of rotatable bonds is 5. The Bertz CT molecular complexity index is 749. The number of carboxylic acid groups (broad SMARTS) is 1. The van der Waals surface area contributed by atoms with Crippen LogP contribution in [0.1, 0.15) is 5.56 Å². The van der Waals surface area contributed by atoms with E-state index >= 15 is 0 Å². The second kappa shape index (κ2) is 6.08. The van der Waals surface area contributed by atoms with Crippen LogP contribution in [0.5, 0.6) is 5.75 Å². The van der Waals surface area contributed by atoms with Gasteiger partial charge in [-0.25, -0.2) is 4.79 Å². The fourth-order valence-corrected chi connectivity index (χ4v) is 1.77. The van der Waals surface area contributed by atoms with Crippen molar-refractivity contribution < 1.29 is 23.8 Å². The van der Waals surface area contributed by atoms with Crippen LogP contribution in [0.2, 0.25) is 0 Å². The van der Waals surface area contributed by atoms with Gasteiger partial charge in [-0.1, -0.05) is 0 Å². The van der Waals surface area contributed by atoms with Crippen LogP contribution >= 0.6 is 0 Å². The smallest absolute Gasteiger partial charge is 0.336 e. The molecule has 21 heavy (non-hydrogen) atoms. The number of fused-ring (bicyclic) bond motifs is 1. The summed E-state index contributed by atoms with van der Waals surface area (Å²) < 4.78 is 10.2. The zero-order valence-corrected chi connectivity index (χ0v) is 11.2. The van der Waals surface area contributed by atoms with Crippen LogP contribution in [0.3, 0.4) is 0 Å². The van der Waals surface area contributed by atoms with Crippen molar-refractivity contribution in [3.05, 3.63) is 40.2 Å². The van der Waals surface area contributed by atoms with E-state index in [1.807, 2.05) is 0 Å². The minimum atomic E-state index is -1.38. The van der Waals surface area contributed by atoms with Crippen molar-refractivity contribution >= 4 is 22.8 Å². The predicted octanol–water partition coefficient (Wildman–Crippen LogP) is -0.654. The van der Waals surface area contributed by atoms with Gasteiger partial charge in [0.2, 0.25) is 0 Å². The number of carbonyl (C=O) groups excluding carboxylic acids is 2. The number of nitrogens with one attached hydrogen (secondary N) is 1.